The summed E-state index contributed by atoms with van der Waals surface area (Å²) >= 11 is 1.73. The maximum Gasteiger partial charge on any atom is 0.221 e. The Morgan fingerprint density at radius 3 is 3.08 bits per heavy atom. The largest absolute Gasteiger partial charge is 0.368 e. The van der Waals surface area contributed by atoms with Crippen LogP contribution in [-0.4, -0.2) is 15.7 Å². The van der Waals surface area contributed by atoms with Gasteiger partial charge in [-0.3, -0.25) is 0 Å². The van der Waals surface area contributed by atoms with Crippen LogP contribution in [0.25, 0.3) is 0 Å². The molecule has 0 unspecified atom stereocenters. The molecular formula is C8H13N3S. The van der Waals surface area contributed by atoms with Crippen molar-refractivity contribution in [2.75, 3.05) is 11.5 Å². The maximum atomic E-state index is 5.43. The van der Waals surface area contributed by atoms with Gasteiger partial charge in [0.05, 0.1) is 0 Å². The zero-order chi connectivity index (χ0) is 8.81. The smallest absolute Gasteiger partial charge is 0.221 e. The SMILES string of the molecule is CCCCSc1ccnc(N)n1. The summed E-state index contributed by atoms with van der Waals surface area (Å²) in [6.45, 7) is 2.18. The van der Waals surface area contributed by atoms with Crippen molar-refractivity contribution in [2.24, 2.45) is 0 Å². The topological polar surface area (TPSA) is 51.8 Å². The number of rotatable bonds is 4. The lowest BCUT2D eigenvalue weighted by molar-refractivity contribution is 0.894. The highest BCUT2D eigenvalue weighted by atomic mass is 32.2. The molecule has 0 fully saturated rings. The third-order valence-corrected chi connectivity index (χ3v) is 2.41. The Morgan fingerprint density at radius 2 is 2.42 bits per heavy atom. The molecule has 66 valence electrons. The van der Waals surface area contributed by atoms with Crippen molar-refractivity contribution in [2.45, 2.75) is 24.8 Å². The van der Waals surface area contributed by atoms with E-state index in [9.17, 15) is 0 Å². The van der Waals surface area contributed by atoms with E-state index in [0.29, 0.717) is 5.95 Å². The molecule has 0 aliphatic heterocycles. The summed E-state index contributed by atoms with van der Waals surface area (Å²) < 4.78 is 0. The van der Waals surface area contributed by atoms with Crippen molar-refractivity contribution in [1.29, 1.82) is 0 Å². The molecule has 0 aliphatic rings. The van der Waals surface area contributed by atoms with Crippen molar-refractivity contribution in [3.8, 4) is 0 Å². The number of aromatic nitrogens is 2. The number of anilines is 1. The molecule has 1 rings (SSSR count). The Hall–Kier alpha value is -0.770. The molecule has 0 saturated carbocycles. The summed E-state index contributed by atoms with van der Waals surface area (Å²) in [5.41, 5.74) is 5.43. The molecule has 1 aromatic rings. The summed E-state index contributed by atoms with van der Waals surface area (Å²) in [6, 6.07) is 1.89. The highest BCUT2D eigenvalue weighted by Crippen LogP contribution is 2.16. The lowest BCUT2D eigenvalue weighted by Gasteiger charge is -1.98. The first-order valence-corrected chi connectivity index (χ1v) is 5.03. The van der Waals surface area contributed by atoms with E-state index in [4.69, 9.17) is 5.73 Å². The van der Waals surface area contributed by atoms with Gasteiger partial charge in [-0.15, -0.1) is 11.8 Å². The van der Waals surface area contributed by atoms with Crippen molar-refractivity contribution in [1.82, 2.24) is 9.97 Å². The van der Waals surface area contributed by atoms with Gasteiger partial charge in [-0.2, -0.15) is 0 Å². The third kappa shape index (κ3) is 3.09. The van der Waals surface area contributed by atoms with Crippen LogP contribution in [0, 0.1) is 0 Å². The molecule has 0 spiro atoms. The highest BCUT2D eigenvalue weighted by Gasteiger charge is 1.95. The Balaban J connectivity index is 2.41. The average molecular weight is 183 g/mol. The minimum absolute atomic E-state index is 0.358. The highest BCUT2D eigenvalue weighted by molar-refractivity contribution is 7.99. The van der Waals surface area contributed by atoms with Crippen LogP contribution in [0.15, 0.2) is 17.3 Å². The van der Waals surface area contributed by atoms with Crippen LogP contribution in [-0.2, 0) is 0 Å². The molecule has 0 amide bonds. The number of hydrogen-bond donors (Lipinski definition) is 1. The summed E-state index contributed by atoms with van der Waals surface area (Å²) in [5, 5.41) is 0.968. The lowest BCUT2D eigenvalue weighted by Crippen LogP contribution is -1.94. The van der Waals surface area contributed by atoms with Crippen LogP contribution in [0.3, 0.4) is 0 Å². The van der Waals surface area contributed by atoms with Gasteiger partial charge in [0.25, 0.3) is 0 Å². The van der Waals surface area contributed by atoms with E-state index >= 15 is 0 Å². The first-order chi connectivity index (χ1) is 5.83. The van der Waals surface area contributed by atoms with E-state index in [1.807, 2.05) is 6.07 Å². The van der Waals surface area contributed by atoms with Crippen LogP contribution in [0.5, 0.6) is 0 Å². The second-order valence-corrected chi connectivity index (χ2v) is 3.57. The summed E-state index contributed by atoms with van der Waals surface area (Å²) in [5.74, 6) is 1.46. The summed E-state index contributed by atoms with van der Waals surface area (Å²) in [7, 11) is 0. The number of thioether (sulfide) groups is 1. The fraction of sp³-hybridized carbons (Fsp3) is 0.500. The second kappa shape index (κ2) is 4.98. The van der Waals surface area contributed by atoms with Gasteiger partial charge in [-0.1, -0.05) is 13.3 Å². The van der Waals surface area contributed by atoms with Gasteiger partial charge in [0, 0.05) is 6.20 Å². The molecule has 12 heavy (non-hydrogen) atoms. The van der Waals surface area contributed by atoms with Crippen molar-refractivity contribution >= 4 is 17.7 Å². The minimum Gasteiger partial charge on any atom is -0.368 e. The molecule has 0 saturated heterocycles. The molecule has 3 nitrogen and oxygen atoms in total. The fourth-order valence-electron chi connectivity index (χ4n) is 0.758. The van der Waals surface area contributed by atoms with E-state index in [-0.39, 0.29) is 0 Å². The van der Waals surface area contributed by atoms with Gasteiger partial charge < -0.3 is 5.73 Å². The zero-order valence-electron chi connectivity index (χ0n) is 7.16. The molecule has 1 heterocycles. The third-order valence-electron chi connectivity index (χ3n) is 1.40. The predicted molar refractivity (Wildman–Crippen MR) is 52.1 cm³/mol. The van der Waals surface area contributed by atoms with Gasteiger partial charge >= 0.3 is 0 Å². The van der Waals surface area contributed by atoms with Crippen LogP contribution in [0.4, 0.5) is 5.95 Å². The quantitative estimate of drug-likeness (QED) is 0.440. The standard InChI is InChI=1S/C8H13N3S/c1-2-3-6-12-7-4-5-10-8(9)11-7/h4-5H,2-3,6H2,1H3,(H2,9,10,11). The second-order valence-electron chi connectivity index (χ2n) is 2.46. The number of hydrogen-bond acceptors (Lipinski definition) is 4. The summed E-state index contributed by atoms with van der Waals surface area (Å²) in [6.07, 6.45) is 4.12. The summed E-state index contributed by atoms with van der Waals surface area (Å²) in [4.78, 5) is 7.90. The lowest BCUT2D eigenvalue weighted by atomic mass is 10.4. The molecule has 1 aromatic heterocycles. The van der Waals surface area contributed by atoms with Gasteiger partial charge in [0.15, 0.2) is 0 Å². The van der Waals surface area contributed by atoms with Gasteiger partial charge in [0.2, 0.25) is 5.95 Å². The zero-order valence-corrected chi connectivity index (χ0v) is 7.97. The average Bonchev–Trinajstić information content (AvgIpc) is 2.05. The van der Waals surface area contributed by atoms with Crippen LogP contribution >= 0.6 is 11.8 Å². The molecule has 0 aliphatic carbocycles. The molecule has 0 radical (unpaired) electrons. The Kier molecular flexibility index (Phi) is 3.87. The molecule has 4 heteroatoms. The Morgan fingerprint density at radius 1 is 1.58 bits per heavy atom. The number of nitrogens with zero attached hydrogens (tertiary/aromatic N) is 2. The van der Waals surface area contributed by atoms with Gasteiger partial charge in [0.1, 0.15) is 5.03 Å². The predicted octanol–water partition coefficient (Wildman–Crippen LogP) is 1.95. The van der Waals surface area contributed by atoms with Crippen molar-refractivity contribution in [3.63, 3.8) is 0 Å². The number of nitrogens with two attached hydrogens (primary N) is 1. The Labute approximate surface area is 76.8 Å². The number of unbranched alkanes of at least 4 members (excludes halogenated alkanes) is 1. The number of nitrogen functional groups attached to an aromatic ring is 1. The minimum atomic E-state index is 0.358. The van der Waals surface area contributed by atoms with Crippen LogP contribution < -0.4 is 5.73 Å². The van der Waals surface area contributed by atoms with E-state index in [1.165, 1.54) is 12.8 Å². The van der Waals surface area contributed by atoms with E-state index in [1.54, 1.807) is 18.0 Å². The first kappa shape index (κ1) is 9.32. The van der Waals surface area contributed by atoms with Gasteiger partial charge in [-0.05, 0) is 18.2 Å². The first-order valence-electron chi connectivity index (χ1n) is 4.04. The van der Waals surface area contributed by atoms with E-state index in [0.717, 1.165) is 10.8 Å². The van der Waals surface area contributed by atoms with E-state index in [2.05, 4.69) is 16.9 Å². The molecular weight excluding hydrogens is 170 g/mol. The van der Waals surface area contributed by atoms with Crippen LogP contribution in [0.2, 0.25) is 0 Å². The maximum absolute atomic E-state index is 5.43. The molecule has 0 aromatic carbocycles. The van der Waals surface area contributed by atoms with Crippen molar-refractivity contribution in [3.05, 3.63) is 12.3 Å². The fourth-order valence-corrected chi connectivity index (χ4v) is 1.72. The normalized spacial score (nSPS) is 10.1. The molecule has 0 atom stereocenters. The van der Waals surface area contributed by atoms with E-state index < -0.39 is 0 Å². The molecule has 0 bridgehead atoms. The van der Waals surface area contributed by atoms with Crippen molar-refractivity contribution < 1.29 is 0 Å². The molecule has 2 N–H and O–H groups in total. The monoisotopic (exact) mass is 183 g/mol. The van der Waals surface area contributed by atoms with Gasteiger partial charge in [-0.25, -0.2) is 9.97 Å². The van der Waals surface area contributed by atoms with Crippen LogP contribution in [0.1, 0.15) is 19.8 Å². The Bertz CT molecular complexity index is 239.